The van der Waals surface area contributed by atoms with Crippen LogP contribution in [0, 0.1) is 12.7 Å². The minimum Gasteiger partial charge on any atom is -0.506 e. The first-order chi connectivity index (χ1) is 9.51. The van der Waals surface area contributed by atoms with Crippen LogP contribution in [0.1, 0.15) is 15.9 Å². The van der Waals surface area contributed by atoms with Crippen LogP contribution >= 0.6 is 0 Å². The molecule has 2 rings (SSSR count). The first-order valence-electron chi connectivity index (χ1n) is 5.96. The van der Waals surface area contributed by atoms with Crippen LogP contribution in [0.5, 0.6) is 11.5 Å². The molecule has 20 heavy (non-hydrogen) atoms. The zero-order valence-electron chi connectivity index (χ0n) is 11.1. The van der Waals surface area contributed by atoms with Crippen molar-refractivity contribution in [3.8, 4) is 11.5 Å². The van der Waals surface area contributed by atoms with Crippen LogP contribution in [0.4, 0.5) is 10.1 Å². The topological polar surface area (TPSA) is 58.6 Å². The van der Waals surface area contributed by atoms with Crippen molar-refractivity contribution < 1.29 is 19.0 Å². The van der Waals surface area contributed by atoms with E-state index < -0.39 is 11.7 Å². The maximum Gasteiger partial charge on any atom is 0.255 e. The third-order valence-electron chi connectivity index (χ3n) is 2.81. The first-order valence-corrected chi connectivity index (χ1v) is 5.96. The number of aryl methyl sites for hydroxylation is 1. The van der Waals surface area contributed by atoms with Crippen LogP contribution in [0.2, 0.25) is 0 Å². The Morgan fingerprint density at radius 1 is 1.25 bits per heavy atom. The highest BCUT2D eigenvalue weighted by molar-refractivity contribution is 6.05. The summed E-state index contributed by atoms with van der Waals surface area (Å²) >= 11 is 0. The summed E-state index contributed by atoms with van der Waals surface area (Å²) in [5, 5.41) is 12.3. The molecule has 0 saturated heterocycles. The first kappa shape index (κ1) is 13.9. The lowest BCUT2D eigenvalue weighted by atomic mass is 10.1. The van der Waals surface area contributed by atoms with E-state index in [-0.39, 0.29) is 17.1 Å². The van der Waals surface area contributed by atoms with Crippen molar-refractivity contribution in [2.24, 2.45) is 0 Å². The van der Waals surface area contributed by atoms with E-state index in [9.17, 15) is 14.3 Å². The maximum absolute atomic E-state index is 13.3. The number of methoxy groups -OCH3 is 1. The Morgan fingerprint density at radius 2 is 2.00 bits per heavy atom. The van der Waals surface area contributed by atoms with Crippen LogP contribution in [0.3, 0.4) is 0 Å². The Balaban J connectivity index is 2.24. The van der Waals surface area contributed by atoms with Gasteiger partial charge in [0, 0.05) is 5.56 Å². The van der Waals surface area contributed by atoms with Gasteiger partial charge in [0.2, 0.25) is 0 Å². The van der Waals surface area contributed by atoms with Gasteiger partial charge in [-0.25, -0.2) is 4.39 Å². The molecule has 0 aliphatic carbocycles. The molecule has 2 aromatic carbocycles. The summed E-state index contributed by atoms with van der Waals surface area (Å²) in [6, 6.07) is 8.71. The van der Waals surface area contributed by atoms with Gasteiger partial charge in [0.15, 0.2) is 11.6 Å². The fourth-order valence-electron chi connectivity index (χ4n) is 1.74. The average molecular weight is 275 g/mol. The number of carbonyl (C=O) groups excluding carboxylic acids is 1. The second-order valence-corrected chi connectivity index (χ2v) is 4.32. The Kier molecular flexibility index (Phi) is 3.89. The minimum absolute atomic E-state index is 0.00854. The Labute approximate surface area is 115 Å². The second kappa shape index (κ2) is 5.61. The zero-order chi connectivity index (χ0) is 14.7. The molecule has 0 aliphatic rings. The summed E-state index contributed by atoms with van der Waals surface area (Å²) in [7, 11) is 1.33. The molecule has 0 unspecified atom stereocenters. The molecular formula is C15H14FNO3. The summed E-state index contributed by atoms with van der Waals surface area (Å²) in [4.78, 5) is 12.0. The van der Waals surface area contributed by atoms with E-state index in [0.29, 0.717) is 5.69 Å². The standard InChI is InChI=1S/C15H14FNO3/c1-9-3-6-12(13(18)7-9)17-15(19)10-4-5-11(16)14(8-10)20-2/h3-8,18H,1-2H3,(H,17,19). The van der Waals surface area contributed by atoms with Gasteiger partial charge in [0.05, 0.1) is 12.8 Å². The van der Waals surface area contributed by atoms with E-state index in [1.807, 2.05) is 6.92 Å². The molecule has 2 aromatic rings. The highest BCUT2D eigenvalue weighted by Gasteiger charge is 2.12. The third-order valence-corrected chi connectivity index (χ3v) is 2.81. The zero-order valence-corrected chi connectivity index (χ0v) is 11.1. The van der Waals surface area contributed by atoms with E-state index in [1.165, 1.54) is 19.2 Å². The number of nitrogens with one attached hydrogen (secondary N) is 1. The molecule has 0 atom stereocenters. The van der Waals surface area contributed by atoms with E-state index in [2.05, 4.69) is 5.32 Å². The van der Waals surface area contributed by atoms with Gasteiger partial charge in [-0.2, -0.15) is 0 Å². The molecule has 2 N–H and O–H groups in total. The number of rotatable bonds is 3. The van der Waals surface area contributed by atoms with Crippen molar-refractivity contribution >= 4 is 11.6 Å². The highest BCUT2D eigenvalue weighted by Crippen LogP contribution is 2.25. The van der Waals surface area contributed by atoms with Gasteiger partial charge in [-0.05, 0) is 42.8 Å². The number of carbonyl (C=O) groups is 1. The molecule has 0 saturated carbocycles. The molecule has 0 fully saturated rings. The number of anilines is 1. The summed E-state index contributed by atoms with van der Waals surface area (Å²) in [6.07, 6.45) is 0. The van der Waals surface area contributed by atoms with Crippen molar-refractivity contribution in [1.29, 1.82) is 0 Å². The van der Waals surface area contributed by atoms with Crippen molar-refractivity contribution in [2.45, 2.75) is 6.92 Å². The van der Waals surface area contributed by atoms with Crippen molar-refractivity contribution in [1.82, 2.24) is 0 Å². The third kappa shape index (κ3) is 2.88. The summed E-state index contributed by atoms with van der Waals surface area (Å²) in [5.41, 5.74) is 1.41. The van der Waals surface area contributed by atoms with E-state index >= 15 is 0 Å². The Bertz CT molecular complexity index is 656. The van der Waals surface area contributed by atoms with Crippen LogP contribution in [-0.2, 0) is 0 Å². The van der Waals surface area contributed by atoms with E-state index in [0.717, 1.165) is 11.6 Å². The Hall–Kier alpha value is -2.56. The predicted molar refractivity (Wildman–Crippen MR) is 73.7 cm³/mol. The van der Waals surface area contributed by atoms with E-state index in [1.54, 1.807) is 18.2 Å². The molecular weight excluding hydrogens is 261 g/mol. The van der Waals surface area contributed by atoms with Crippen LogP contribution in [-0.4, -0.2) is 18.1 Å². The molecule has 0 heterocycles. The monoisotopic (exact) mass is 275 g/mol. The summed E-state index contributed by atoms with van der Waals surface area (Å²) in [5.74, 6) is -1.03. The fraction of sp³-hybridized carbons (Fsp3) is 0.133. The van der Waals surface area contributed by atoms with Gasteiger partial charge in [-0.15, -0.1) is 0 Å². The number of amides is 1. The normalized spacial score (nSPS) is 10.2. The lowest BCUT2D eigenvalue weighted by Crippen LogP contribution is -2.12. The van der Waals surface area contributed by atoms with Crippen LogP contribution in [0.25, 0.3) is 0 Å². The van der Waals surface area contributed by atoms with Crippen molar-refractivity contribution in [3.05, 3.63) is 53.3 Å². The predicted octanol–water partition coefficient (Wildman–Crippen LogP) is 3.10. The van der Waals surface area contributed by atoms with Crippen molar-refractivity contribution in [3.63, 3.8) is 0 Å². The number of phenolic OH excluding ortho intramolecular Hbond substituents is 1. The molecule has 5 heteroatoms. The van der Waals surface area contributed by atoms with Gasteiger partial charge in [-0.1, -0.05) is 6.07 Å². The van der Waals surface area contributed by atoms with Crippen LogP contribution < -0.4 is 10.1 Å². The SMILES string of the molecule is COc1cc(C(=O)Nc2ccc(C)cc2O)ccc1F. The van der Waals surface area contributed by atoms with Gasteiger partial charge in [0.25, 0.3) is 5.91 Å². The molecule has 0 radical (unpaired) electrons. The lowest BCUT2D eigenvalue weighted by molar-refractivity contribution is 0.102. The smallest absolute Gasteiger partial charge is 0.255 e. The average Bonchev–Trinajstić information content (AvgIpc) is 2.42. The van der Waals surface area contributed by atoms with Crippen LogP contribution in [0.15, 0.2) is 36.4 Å². The quantitative estimate of drug-likeness (QED) is 0.846. The molecule has 104 valence electrons. The number of phenols is 1. The number of benzene rings is 2. The molecule has 0 aliphatic heterocycles. The number of halogens is 1. The number of aromatic hydroxyl groups is 1. The lowest BCUT2D eigenvalue weighted by Gasteiger charge is -2.09. The molecule has 0 bridgehead atoms. The van der Waals surface area contributed by atoms with Crippen molar-refractivity contribution in [2.75, 3.05) is 12.4 Å². The molecule has 0 aromatic heterocycles. The molecule has 1 amide bonds. The largest absolute Gasteiger partial charge is 0.506 e. The fourth-order valence-corrected chi connectivity index (χ4v) is 1.74. The number of ether oxygens (including phenoxy) is 1. The molecule has 0 spiro atoms. The highest BCUT2D eigenvalue weighted by atomic mass is 19.1. The van der Waals surface area contributed by atoms with Gasteiger partial charge in [0.1, 0.15) is 5.75 Å². The number of hydrogen-bond acceptors (Lipinski definition) is 3. The second-order valence-electron chi connectivity index (χ2n) is 4.32. The minimum atomic E-state index is -0.540. The van der Waals surface area contributed by atoms with Gasteiger partial charge in [-0.3, -0.25) is 4.79 Å². The number of hydrogen-bond donors (Lipinski definition) is 2. The molecule has 4 nitrogen and oxygen atoms in total. The summed E-state index contributed by atoms with van der Waals surface area (Å²) in [6.45, 7) is 1.83. The maximum atomic E-state index is 13.3. The van der Waals surface area contributed by atoms with E-state index in [4.69, 9.17) is 4.74 Å². The van der Waals surface area contributed by atoms with Gasteiger partial charge < -0.3 is 15.2 Å². The van der Waals surface area contributed by atoms with Gasteiger partial charge >= 0.3 is 0 Å². The Morgan fingerprint density at radius 3 is 2.65 bits per heavy atom. The summed E-state index contributed by atoms with van der Waals surface area (Å²) < 4.78 is 18.1.